The quantitative estimate of drug-likeness (QED) is 0.508. The average molecular weight is 199 g/mol. The molecule has 1 aliphatic carbocycles. The Hall–Kier alpha value is -0.0800. The molecule has 0 atom stereocenters. The highest BCUT2D eigenvalue weighted by Gasteiger charge is 2.11. The number of rotatable bonds is 6. The van der Waals surface area contributed by atoms with Gasteiger partial charge in [-0.1, -0.05) is 38.5 Å². The zero-order valence-electron chi connectivity index (χ0n) is 9.30. The van der Waals surface area contributed by atoms with Gasteiger partial charge < -0.3 is 10.4 Å². The summed E-state index contributed by atoms with van der Waals surface area (Å²) in [6.45, 7) is 2.43. The van der Waals surface area contributed by atoms with Crippen LogP contribution in [0.1, 0.15) is 51.4 Å². The predicted molar refractivity (Wildman–Crippen MR) is 60.4 cm³/mol. The Kier molecular flexibility index (Phi) is 7.06. The van der Waals surface area contributed by atoms with Crippen LogP contribution in [-0.2, 0) is 0 Å². The van der Waals surface area contributed by atoms with Crippen molar-refractivity contribution in [3.8, 4) is 0 Å². The summed E-state index contributed by atoms with van der Waals surface area (Å²) in [6.07, 6.45) is 10.9. The molecule has 0 bridgehead atoms. The van der Waals surface area contributed by atoms with Crippen LogP contribution in [0.5, 0.6) is 0 Å². The minimum atomic E-state index is 0.316. The van der Waals surface area contributed by atoms with E-state index in [1.54, 1.807) is 0 Å². The first kappa shape index (κ1) is 12.0. The Morgan fingerprint density at radius 2 is 1.71 bits per heavy atom. The van der Waals surface area contributed by atoms with Crippen molar-refractivity contribution in [3.63, 3.8) is 0 Å². The van der Waals surface area contributed by atoms with Crippen LogP contribution in [0, 0.1) is 5.92 Å². The lowest BCUT2D eigenvalue weighted by molar-refractivity contribution is 0.285. The fourth-order valence-electron chi connectivity index (χ4n) is 2.29. The van der Waals surface area contributed by atoms with Crippen LogP contribution in [0.25, 0.3) is 0 Å². The molecule has 84 valence electrons. The lowest BCUT2D eigenvalue weighted by atomic mass is 9.97. The molecular formula is C12H25NO. The van der Waals surface area contributed by atoms with Gasteiger partial charge in [0.15, 0.2) is 0 Å². The van der Waals surface area contributed by atoms with E-state index in [0.717, 1.165) is 25.4 Å². The lowest BCUT2D eigenvalue weighted by Gasteiger charge is -2.13. The molecule has 0 heterocycles. The first-order valence-corrected chi connectivity index (χ1v) is 6.25. The average Bonchev–Trinajstić information content (AvgIpc) is 2.46. The summed E-state index contributed by atoms with van der Waals surface area (Å²) < 4.78 is 0. The monoisotopic (exact) mass is 199 g/mol. The lowest BCUT2D eigenvalue weighted by Crippen LogP contribution is -2.20. The minimum Gasteiger partial charge on any atom is -0.396 e. The second-order valence-corrected chi connectivity index (χ2v) is 4.47. The molecule has 0 radical (unpaired) electrons. The van der Waals surface area contributed by atoms with Crippen molar-refractivity contribution in [2.45, 2.75) is 51.4 Å². The van der Waals surface area contributed by atoms with Gasteiger partial charge in [0, 0.05) is 6.61 Å². The molecule has 0 aliphatic heterocycles. The summed E-state index contributed by atoms with van der Waals surface area (Å²) in [7, 11) is 0. The minimum absolute atomic E-state index is 0.316. The van der Waals surface area contributed by atoms with Crippen molar-refractivity contribution in [3.05, 3.63) is 0 Å². The highest BCUT2D eigenvalue weighted by Crippen LogP contribution is 2.24. The fraction of sp³-hybridized carbons (Fsp3) is 1.00. The molecule has 1 aliphatic rings. The van der Waals surface area contributed by atoms with Crippen molar-refractivity contribution in [2.24, 2.45) is 5.92 Å². The van der Waals surface area contributed by atoms with Crippen LogP contribution in [0.4, 0.5) is 0 Å². The van der Waals surface area contributed by atoms with Crippen molar-refractivity contribution >= 4 is 0 Å². The Labute approximate surface area is 88.1 Å². The molecule has 1 fully saturated rings. The molecule has 2 nitrogen and oxygen atoms in total. The van der Waals surface area contributed by atoms with E-state index in [4.69, 9.17) is 5.11 Å². The molecule has 2 N–H and O–H groups in total. The first-order valence-electron chi connectivity index (χ1n) is 6.25. The second-order valence-electron chi connectivity index (χ2n) is 4.47. The summed E-state index contributed by atoms with van der Waals surface area (Å²) in [6, 6.07) is 0. The van der Waals surface area contributed by atoms with Crippen LogP contribution < -0.4 is 5.32 Å². The van der Waals surface area contributed by atoms with Crippen LogP contribution in [-0.4, -0.2) is 24.8 Å². The third kappa shape index (κ3) is 5.61. The summed E-state index contributed by atoms with van der Waals surface area (Å²) in [5, 5.41) is 12.0. The summed E-state index contributed by atoms with van der Waals surface area (Å²) in [5.41, 5.74) is 0. The van der Waals surface area contributed by atoms with E-state index in [-0.39, 0.29) is 0 Å². The normalized spacial score (nSPS) is 19.5. The van der Waals surface area contributed by atoms with E-state index in [1.807, 2.05) is 0 Å². The molecule has 1 rings (SSSR count). The number of hydrogen-bond acceptors (Lipinski definition) is 2. The van der Waals surface area contributed by atoms with Crippen LogP contribution in [0.15, 0.2) is 0 Å². The number of hydrogen-bond donors (Lipinski definition) is 2. The molecule has 0 amide bonds. The van der Waals surface area contributed by atoms with Gasteiger partial charge in [0.25, 0.3) is 0 Å². The van der Waals surface area contributed by atoms with Gasteiger partial charge in [-0.15, -0.1) is 0 Å². The van der Waals surface area contributed by atoms with Gasteiger partial charge in [-0.3, -0.25) is 0 Å². The van der Waals surface area contributed by atoms with Gasteiger partial charge in [-0.2, -0.15) is 0 Å². The summed E-state index contributed by atoms with van der Waals surface area (Å²) >= 11 is 0. The molecule has 0 aromatic carbocycles. The van der Waals surface area contributed by atoms with Crippen LogP contribution in [0.3, 0.4) is 0 Å². The van der Waals surface area contributed by atoms with Gasteiger partial charge >= 0.3 is 0 Å². The van der Waals surface area contributed by atoms with Crippen molar-refractivity contribution in [1.29, 1.82) is 0 Å². The maximum atomic E-state index is 8.61. The molecule has 0 saturated heterocycles. The van der Waals surface area contributed by atoms with E-state index < -0.39 is 0 Å². The van der Waals surface area contributed by atoms with Gasteiger partial charge in [0.05, 0.1) is 0 Å². The molecule has 0 unspecified atom stereocenters. The van der Waals surface area contributed by atoms with E-state index in [1.165, 1.54) is 44.9 Å². The van der Waals surface area contributed by atoms with E-state index >= 15 is 0 Å². The third-order valence-electron chi connectivity index (χ3n) is 3.22. The van der Waals surface area contributed by atoms with Crippen LogP contribution in [0.2, 0.25) is 0 Å². The van der Waals surface area contributed by atoms with Gasteiger partial charge in [0.1, 0.15) is 0 Å². The Morgan fingerprint density at radius 1 is 1.00 bits per heavy atom. The fourth-order valence-corrected chi connectivity index (χ4v) is 2.29. The molecular weight excluding hydrogens is 174 g/mol. The molecule has 2 heteroatoms. The highest BCUT2D eigenvalue weighted by molar-refractivity contribution is 4.65. The van der Waals surface area contributed by atoms with Crippen molar-refractivity contribution < 1.29 is 5.11 Å². The zero-order valence-corrected chi connectivity index (χ0v) is 9.30. The Bertz CT molecular complexity index is 119. The Balaban J connectivity index is 1.93. The standard InChI is InChI=1S/C12H25NO/c14-11-5-9-13-10-8-12-6-3-1-2-4-7-12/h12-14H,1-11H2. The van der Waals surface area contributed by atoms with Gasteiger partial charge in [-0.25, -0.2) is 0 Å². The second kappa shape index (κ2) is 8.25. The molecule has 0 aromatic heterocycles. The number of aliphatic hydroxyl groups is 1. The smallest absolute Gasteiger partial charge is 0.0443 e. The van der Waals surface area contributed by atoms with Gasteiger partial charge in [0.2, 0.25) is 0 Å². The summed E-state index contributed by atoms with van der Waals surface area (Å²) in [5.74, 6) is 0.971. The SMILES string of the molecule is OCCCNCCC1CCCCCC1. The maximum absolute atomic E-state index is 8.61. The van der Waals surface area contributed by atoms with Gasteiger partial charge in [-0.05, 0) is 31.8 Å². The number of nitrogens with one attached hydrogen (secondary N) is 1. The van der Waals surface area contributed by atoms with E-state index in [0.29, 0.717) is 6.61 Å². The topological polar surface area (TPSA) is 32.3 Å². The predicted octanol–water partition coefficient (Wildman–Crippen LogP) is 2.32. The summed E-state index contributed by atoms with van der Waals surface area (Å²) in [4.78, 5) is 0. The highest BCUT2D eigenvalue weighted by atomic mass is 16.3. The van der Waals surface area contributed by atoms with Crippen LogP contribution >= 0.6 is 0 Å². The Morgan fingerprint density at radius 3 is 2.36 bits per heavy atom. The first-order chi connectivity index (χ1) is 6.93. The van der Waals surface area contributed by atoms with Crippen molar-refractivity contribution in [2.75, 3.05) is 19.7 Å². The van der Waals surface area contributed by atoms with Crippen molar-refractivity contribution in [1.82, 2.24) is 5.32 Å². The molecule has 1 saturated carbocycles. The molecule has 0 aromatic rings. The zero-order chi connectivity index (χ0) is 10.1. The maximum Gasteiger partial charge on any atom is 0.0443 e. The number of aliphatic hydroxyl groups excluding tert-OH is 1. The molecule has 14 heavy (non-hydrogen) atoms. The largest absolute Gasteiger partial charge is 0.396 e. The van der Waals surface area contributed by atoms with E-state index in [9.17, 15) is 0 Å². The van der Waals surface area contributed by atoms with E-state index in [2.05, 4.69) is 5.32 Å². The molecule has 0 spiro atoms. The third-order valence-corrected chi connectivity index (χ3v) is 3.22.